The zero-order chi connectivity index (χ0) is 10.5. The van der Waals surface area contributed by atoms with Crippen LogP contribution in [-0.2, 0) is 19.4 Å². The summed E-state index contributed by atoms with van der Waals surface area (Å²) in [5, 5.41) is -0.617. The van der Waals surface area contributed by atoms with Crippen LogP contribution in [0.5, 0.6) is 0 Å². The highest BCUT2D eigenvalue weighted by atomic mass is 32.2. The van der Waals surface area contributed by atoms with Crippen LogP contribution in [0.25, 0.3) is 0 Å². The van der Waals surface area contributed by atoms with Crippen molar-refractivity contribution in [1.29, 1.82) is 0 Å². The molecule has 78 valence electrons. The lowest BCUT2D eigenvalue weighted by Crippen LogP contribution is -2.23. The van der Waals surface area contributed by atoms with Crippen molar-refractivity contribution in [3.05, 3.63) is 0 Å². The van der Waals surface area contributed by atoms with Gasteiger partial charge >= 0.3 is 5.97 Å². The van der Waals surface area contributed by atoms with Crippen molar-refractivity contribution >= 4 is 15.8 Å². The van der Waals surface area contributed by atoms with E-state index in [4.69, 9.17) is 4.74 Å². The van der Waals surface area contributed by atoms with E-state index in [0.717, 1.165) is 6.26 Å². The molecule has 0 aliphatic heterocycles. The third-order valence-electron chi connectivity index (χ3n) is 1.66. The molecule has 0 aromatic heterocycles. The van der Waals surface area contributed by atoms with E-state index in [0.29, 0.717) is 12.8 Å². The molecule has 0 saturated carbocycles. The second kappa shape index (κ2) is 5.21. The van der Waals surface area contributed by atoms with E-state index in [1.165, 1.54) is 6.92 Å². The molecule has 0 N–H and O–H groups in total. The van der Waals surface area contributed by atoms with Crippen LogP contribution in [0.2, 0.25) is 0 Å². The van der Waals surface area contributed by atoms with Gasteiger partial charge in [0.1, 0.15) is 6.61 Å². The van der Waals surface area contributed by atoms with Crippen molar-refractivity contribution in [2.45, 2.75) is 31.9 Å². The smallest absolute Gasteiger partial charge is 0.305 e. The van der Waals surface area contributed by atoms with E-state index in [9.17, 15) is 13.2 Å². The maximum Gasteiger partial charge on any atom is 0.305 e. The summed E-state index contributed by atoms with van der Waals surface area (Å²) in [7, 11) is -3.09. The molecule has 4 nitrogen and oxygen atoms in total. The maximum atomic E-state index is 10.9. The fourth-order valence-corrected chi connectivity index (χ4v) is 0.925. The summed E-state index contributed by atoms with van der Waals surface area (Å²) in [4.78, 5) is 10.9. The van der Waals surface area contributed by atoms with E-state index in [-0.39, 0.29) is 12.6 Å². The lowest BCUT2D eigenvalue weighted by molar-refractivity contribution is -0.143. The van der Waals surface area contributed by atoms with Gasteiger partial charge in [0.05, 0.1) is 5.25 Å². The Hall–Kier alpha value is -0.580. The summed E-state index contributed by atoms with van der Waals surface area (Å²) in [5.74, 6) is -0.335. The van der Waals surface area contributed by atoms with Crippen molar-refractivity contribution < 1.29 is 17.9 Å². The number of sulfone groups is 1. The quantitative estimate of drug-likeness (QED) is 0.626. The Bertz CT molecular complexity index is 255. The maximum absolute atomic E-state index is 10.9. The number of carbonyl (C=O) groups excluding carboxylic acids is 1. The molecule has 5 heteroatoms. The van der Waals surface area contributed by atoms with Gasteiger partial charge in [0.2, 0.25) is 0 Å². The molecule has 0 heterocycles. The van der Waals surface area contributed by atoms with Gasteiger partial charge in [-0.05, 0) is 13.3 Å². The topological polar surface area (TPSA) is 60.4 Å². The van der Waals surface area contributed by atoms with Gasteiger partial charge < -0.3 is 4.74 Å². The fourth-order valence-electron chi connectivity index (χ4n) is 0.610. The van der Waals surface area contributed by atoms with Crippen LogP contribution >= 0.6 is 0 Å². The zero-order valence-electron chi connectivity index (χ0n) is 8.24. The standard InChI is InChI=1S/C8H16O4S/c1-4-5-8(9)12-6-7(2)13(3,10)11/h7H,4-6H2,1-3H3. The van der Waals surface area contributed by atoms with Gasteiger partial charge in [-0.15, -0.1) is 0 Å². The van der Waals surface area contributed by atoms with Crippen LogP contribution in [0.3, 0.4) is 0 Å². The summed E-state index contributed by atoms with van der Waals surface area (Å²) < 4.78 is 26.6. The van der Waals surface area contributed by atoms with Gasteiger partial charge in [-0.1, -0.05) is 6.92 Å². The molecular formula is C8H16O4S. The Morgan fingerprint density at radius 1 is 1.46 bits per heavy atom. The van der Waals surface area contributed by atoms with Crippen LogP contribution in [0, 0.1) is 0 Å². The molecule has 0 radical (unpaired) electrons. The molecule has 0 amide bonds. The highest BCUT2D eigenvalue weighted by Crippen LogP contribution is 2.00. The molecule has 0 aliphatic rings. The lowest BCUT2D eigenvalue weighted by Gasteiger charge is -2.09. The van der Waals surface area contributed by atoms with E-state index >= 15 is 0 Å². The Labute approximate surface area is 79.2 Å². The molecule has 0 saturated heterocycles. The van der Waals surface area contributed by atoms with Gasteiger partial charge in [0.25, 0.3) is 0 Å². The average molecular weight is 208 g/mol. The van der Waals surface area contributed by atoms with Crippen LogP contribution in [0.15, 0.2) is 0 Å². The first-order valence-electron chi connectivity index (χ1n) is 4.22. The van der Waals surface area contributed by atoms with E-state index in [2.05, 4.69) is 0 Å². The molecule has 1 atom stereocenters. The molecule has 0 bridgehead atoms. The average Bonchev–Trinajstić information content (AvgIpc) is 1.99. The predicted octanol–water partition coefficient (Wildman–Crippen LogP) is 0.763. The Morgan fingerprint density at radius 2 is 2.00 bits per heavy atom. The first-order chi connectivity index (χ1) is 5.88. The predicted molar refractivity (Wildman–Crippen MR) is 50.2 cm³/mol. The van der Waals surface area contributed by atoms with Crippen molar-refractivity contribution in [2.24, 2.45) is 0 Å². The van der Waals surface area contributed by atoms with Gasteiger partial charge in [-0.3, -0.25) is 4.79 Å². The fraction of sp³-hybridized carbons (Fsp3) is 0.875. The third-order valence-corrected chi connectivity index (χ3v) is 3.26. The summed E-state index contributed by atoms with van der Waals surface area (Å²) >= 11 is 0. The molecule has 0 aromatic rings. The van der Waals surface area contributed by atoms with Crippen molar-refractivity contribution in [3.8, 4) is 0 Å². The van der Waals surface area contributed by atoms with Gasteiger partial charge in [0.15, 0.2) is 9.84 Å². The van der Waals surface area contributed by atoms with Crippen molar-refractivity contribution in [1.82, 2.24) is 0 Å². The van der Waals surface area contributed by atoms with Crippen LogP contribution in [0.4, 0.5) is 0 Å². The summed E-state index contributed by atoms with van der Waals surface area (Å²) in [6, 6.07) is 0. The minimum Gasteiger partial charge on any atom is -0.464 e. The van der Waals surface area contributed by atoms with E-state index < -0.39 is 15.1 Å². The second-order valence-corrected chi connectivity index (χ2v) is 5.54. The summed E-state index contributed by atoms with van der Waals surface area (Å²) in [6.45, 7) is 3.34. The Balaban J connectivity index is 3.84. The SMILES string of the molecule is CCCC(=O)OCC(C)S(C)(=O)=O. The molecular weight excluding hydrogens is 192 g/mol. The monoisotopic (exact) mass is 208 g/mol. The normalized spacial score (nSPS) is 13.8. The van der Waals surface area contributed by atoms with Gasteiger partial charge in [-0.25, -0.2) is 8.42 Å². The first kappa shape index (κ1) is 12.4. The summed E-state index contributed by atoms with van der Waals surface area (Å²) in [5.41, 5.74) is 0. The van der Waals surface area contributed by atoms with Gasteiger partial charge in [-0.2, -0.15) is 0 Å². The molecule has 0 aliphatic carbocycles. The Kier molecular flexibility index (Phi) is 4.98. The molecule has 0 aromatic carbocycles. The van der Waals surface area contributed by atoms with E-state index in [1.54, 1.807) is 0 Å². The number of carbonyl (C=O) groups is 1. The number of esters is 1. The zero-order valence-corrected chi connectivity index (χ0v) is 9.06. The first-order valence-corrected chi connectivity index (χ1v) is 6.18. The van der Waals surface area contributed by atoms with Crippen LogP contribution < -0.4 is 0 Å². The molecule has 13 heavy (non-hydrogen) atoms. The molecule has 0 spiro atoms. The Morgan fingerprint density at radius 3 is 2.38 bits per heavy atom. The number of rotatable bonds is 5. The van der Waals surface area contributed by atoms with Crippen molar-refractivity contribution in [2.75, 3.05) is 12.9 Å². The van der Waals surface area contributed by atoms with Crippen LogP contribution in [0.1, 0.15) is 26.7 Å². The number of ether oxygens (including phenoxy) is 1. The highest BCUT2D eigenvalue weighted by molar-refractivity contribution is 7.91. The second-order valence-electron chi connectivity index (χ2n) is 3.07. The lowest BCUT2D eigenvalue weighted by atomic mass is 10.3. The molecule has 0 rings (SSSR count). The van der Waals surface area contributed by atoms with Crippen LogP contribution in [-0.4, -0.2) is 32.5 Å². The van der Waals surface area contributed by atoms with E-state index in [1.807, 2.05) is 6.92 Å². The summed E-state index contributed by atoms with van der Waals surface area (Å²) in [6.07, 6.45) is 2.19. The number of hydrogen-bond donors (Lipinski definition) is 0. The minimum absolute atomic E-state index is 0.0440. The highest BCUT2D eigenvalue weighted by Gasteiger charge is 2.16. The molecule has 0 fully saturated rings. The minimum atomic E-state index is -3.09. The number of hydrogen-bond acceptors (Lipinski definition) is 4. The van der Waals surface area contributed by atoms with Gasteiger partial charge in [0, 0.05) is 12.7 Å². The van der Waals surface area contributed by atoms with Crippen molar-refractivity contribution in [3.63, 3.8) is 0 Å². The molecule has 1 unspecified atom stereocenters. The largest absolute Gasteiger partial charge is 0.464 e. The third kappa shape index (κ3) is 5.63.